The van der Waals surface area contributed by atoms with Crippen molar-refractivity contribution in [3.63, 3.8) is 0 Å². The summed E-state index contributed by atoms with van der Waals surface area (Å²) in [7, 11) is -2.14. The molecule has 4 aromatic rings. The molecule has 7 nitrogen and oxygen atoms in total. The Morgan fingerprint density at radius 2 is 1.88 bits per heavy atom. The number of para-hydroxylation sites is 1. The maximum absolute atomic E-state index is 13.0. The van der Waals surface area contributed by atoms with Crippen LogP contribution in [0.15, 0.2) is 65.8 Å². The third-order valence-corrected chi connectivity index (χ3v) is 6.38. The molecule has 132 valence electrons. The molecule has 0 spiro atoms. The molecule has 0 bridgehead atoms. The van der Waals surface area contributed by atoms with Gasteiger partial charge in [-0.15, -0.1) is 0 Å². The van der Waals surface area contributed by atoms with Crippen LogP contribution in [0, 0.1) is 0 Å². The molecule has 0 unspecified atom stereocenters. The lowest BCUT2D eigenvalue weighted by Gasteiger charge is -2.16. The highest BCUT2D eigenvalue weighted by Crippen LogP contribution is 2.24. The lowest BCUT2D eigenvalue weighted by Crippen LogP contribution is -2.26. The van der Waals surface area contributed by atoms with Gasteiger partial charge in [0.05, 0.1) is 23.6 Å². The summed E-state index contributed by atoms with van der Waals surface area (Å²) in [5, 5.41) is 4.31. The van der Waals surface area contributed by atoms with Crippen molar-refractivity contribution in [1.29, 1.82) is 0 Å². The highest BCUT2D eigenvalue weighted by atomic mass is 32.2. The number of benzene rings is 2. The smallest absolute Gasteiger partial charge is 0.241 e. The van der Waals surface area contributed by atoms with Crippen molar-refractivity contribution in [1.82, 2.24) is 22.8 Å². The van der Waals surface area contributed by atoms with Crippen LogP contribution in [0.5, 0.6) is 0 Å². The molecule has 0 aliphatic heterocycles. The highest BCUT2D eigenvalue weighted by Gasteiger charge is 2.25. The molecule has 0 N–H and O–H groups in total. The van der Waals surface area contributed by atoms with Crippen LogP contribution in [0.1, 0.15) is 5.56 Å². The number of aromatic nitrogens is 4. The van der Waals surface area contributed by atoms with E-state index in [4.69, 9.17) is 0 Å². The molecular weight excluding hydrogens is 370 g/mol. The van der Waals surface area contributed by atoms with Crippen LogP contribution in [-0.4, -0.2) is 38.3 Å². The SMILES string of the molecule is CN(Cc1cnn(-c2ccccc2)c1)S(=O)(=O)c1cccc2nsnc12. The van der Waals surface area contributed by atoms with Crippen molar-refractivity contribution >= 4 is 32.8 Å². The van der Waals surface area contributed by atoms with Crippen molar-refractivity contribution in [3.05, 3.63) is 66.5 Å². The number of sulfonamides is 1. The van der Waals surface area contributed by atoms with Gasteiger partial charge in [-0.2, -0.15) is 18.2 Å². The van der Waals surface area contributed by atoms with Gasteiger partial charge in [-0.3, -0.25) is 0 Å². The maximum Gasteiger partial charge on any atom is 0.245 e. The molecule has 9 heteroatoms. The Balaban J connectivity index is 1.61. The third kappa shape index (κ3) is 3.00. The van der Waals surface area contributed by atoms with Gasteiger partial charge in [-0.05, 0) is 24.3 Å². The van der Waals surface area contributed by atoms with Crippen LogP contribution < -0.4 is 0 Å². The van der Waals surface area contributed by atoms with E-state index in [1.165, 1.54) is 4.31 Å². The molecule has 0 saturated carbocycles. The first-order chi connectivity index (χ1) is 12.6. The summed E-state index contributed by atoms with van der Waals surface area (Å²) in [4.78, 5) is 0.168. The van der Waals surface area contributed by atoms with Crippen LogP contribution in [-0.2, 0) is 16.6 Å². The van der Waals surface area contributed by atoms with Gasteiger partial charge in [-0.1, -0.05) is 24.3 Å². The van der Waals surface area contributed by atoms with Gasteiger partial charge in [0.2, 0.25) is 10.0 Å². The molecule has 2 heterocycles. The zero-order valence-electron chi connectivity index (χ0n) is 13.8. The van der Waals surface area contributed by atoms with E-state index >= 15 is 0 Å². The largest absolute Gasteiger partial charge is 0.245 e. The van der Waals surface area contributed by atoms with Gasteiger partial charge in [-0.25, -0.2) is 13.1 Å². The monoisotopic (exact) mass is 385 g/mol. The molecule has 0 aliphatic rings. The predicted molar refractivity (Wildman–Crippen MR) is 99.6 cm³/mol. The van der Waals surface area contributed by atoms with Gasteiger partial charge in [0, 0.05) is 25.4 Å². The topological polar surface area (TPSA) is 81.0 Å². The molecule has 0 fully saturated rings. The van der Waals surface area contributed by atoms with E-state index in [9.17, 15) is 8.42 Å². The van der Waals surface area contributed by atoms with Crippen molar-refractivity contribution in [2.45, 2.75) is 11.4 Å². The minimum atomic E-state index is -3.69. The Bertz CT molecular complexity index is 1150. The fraction of sp³-hybridized carbons (Fsp3) is 0.118. The second kappa shape index (κ2) is 6.60. The highest BCUT2D eigenvalue weighted by molar-refractivity contribution is 7.89. The number of fused-ring (bicyclic) bond motifs is 1. The second-order valence-electron chi connectivity index (χ2n) is 5.78. The summed E-state index contributed by atoms with van der Waals surface area (Å²) in [6.07, 6.45) is 3.50. The molecule has 0 radical (unpaired) electrons. The average Bonchev–Trinajstić information content (AvgIpc) is 3.31. The van der Waals surface area contributed by atoms with Crippen molar-refractivity contribution in [3.8, 4) is 5.69 Å². The first-order valence-electron chi connectivity index (χ1n) is 7.82. The Labute approximate surface area is 154 Å². The minimum Gasteiger partial charge on any atom is -0.241 e. The Morgan fingerprint density at radius 1 is 1.08 bits per heavy atom. The lowest BCUT2D eigenvalue weighted by atomic mass is 10.3. The van der Waals surface area contributed by atoms with Crippen LogP contribution in [0.3, 0.4) is 0 Å². The van der Waals surface area contributed by atoms with Gasteiger partial charge in [0.15, 0.2) is 0 Å². The van der Waals surface area contributed by atoms with E-state index in [2.05, 4.69) is 13.8 Å². The number of nitrogens with zero attached hydrogens (tertiary/aromatic N) is 5. The summed E-state index contributed by atoms with van der Waals surface area (Å²) >= 11 is 1.00. The number of rotatable bonds is 5. The van der Waals surface area contributed by atoms with E-state index in [0.717, 1.165) is 23.0 Å². The van der Waals surface area contributed by atoms with E-state index in [0.29, 0.717) is 11.0 Å². The molecule has 26 heavy (non-hydrogen) atoms. The van der Waals surface area contributed by atoms with Crippen molar-refractivity contribution in [2.24, 2.45) is 0 Å². The van der Waals surface area contributed by atoms with E-state index in [1.54, 1.807) is 36.1 Å². The van der Waals surface area contributed by atoms with Crippen LogP contribution in [0.25, 0.3) is 16.7 Å². The Kier molecular flexibility index (Phi) is 4.27. The minimum absolute atomic E-state index is 0.168. The summed E-state index contributed by atoms with van der Waals surface area (Å²) < 4.78 is 37.2. The summed E-state index contributed by atoms with van der Waals surface area (Å²) in [6, 6.07) is 14.6. The predicted octanol–water partition coefficient (Wildman–Crippen LogP) is 2.70. The lowest BCUT2D eigenvalue weighted by molar-refractivity contribution is 0.467. The average molecular weight is 385 g/mol. The molecule has 2 aromatic heterocycles. The Morgan fingerprint density at radius 3 is 2.69 bits per heavy atom. The quantitative estimate of drug-likeness (QED) is 0.528. The van der Waals surface area contributed by atoms with Gasteiger partial charge >= 0.3 is 0 Å². The van der Waals surface area contributed by atoms with E-state index in [1.807, 2.05) is 36.5 Å². The first-order valence-corrected chi connectivity index (χ1v) is 9.99. The molecule has 2 aromatic carbocycles. The fourth-order valence-electron chi connectivity index (χ4n) is 2.66. The van der Waals surface area contributed by atoms with Gasteiger partial charge in [0.25, 0.3) is 0 Å². The summed E-state index contributed by atoms with van der Waals surface area (Å²) in [6.45, 7) is 0.211. The third-order valence-electron chi connectivity index (χ3n) is 4.00. The van der Waals surface area contributed by atoms with Gasteiger partial charge < -0.3 is 0 Å². The fourth-order valence-corrected chi connectivity index (χ4v) is 4.57. The number of hydrogen-bond acceptors (Lipinski definition) is 6. The molecular formula is C17H15N5O2S2. The zero-order chi connectivity index (χ0) is 18.1. The van der Waals surface area contributed by atoms with Gasteiger partial charge in [0.1, 0.15) is 15.9 Å². The second-order valence-corrected chi connectivity index (χ2v) is 8.32. The van der Waals surface area contributed by atoms with E-state index in [-0.39, 0.29) is 11.4 Å². The molecule has 0 aliphatic carbocycles. The molecule has 4 rings (SSSR count). The maximum atomic E-state index is 13.0. The van der Waals surface area contributed by atoms with Crippen LogP contribution in [0.2, 0.25) is 0 Å². The van der Waals surface area contributed by atoms with E-state index < -0.39 is 10.0 Å². The van der Waals surface area contributed by atoms with Crippen molar-refractivity contribution in [2.75, 3.05) is 7.05 Å². The van der Waals surface area contributed by atoms with Crippen LogP contribution in [0.4, 0.5) is 0 Å². The standard InChI is InChI=1S/C17H15N5O2S2/c1-21(11-13-10-18-22(12-13)14-6-3-2-4-7-14)26(23,24)16-9-5-8-15-17(16)20-25-19-15/h2-10,12H,11H2,1H3. The van der Waals surface area contributed by atoms with Crippen molar-refractivity contribution < 1.29 is 8.42 Å². The first kappa shape index (κ1) is 16.8. The molecule has 0 amide bonds. The van der Waals surface area contributed by atoms with Crippen LogP contribution >= 0.6 is 11.7 Å². The molecule has 0 atom stereocenters. The zero-order valence-corrected chi connectivity index (χ0v) is 15.5. The number of hydrogen-bond donors (Lipinski definition) is 0. The molecule has 0 saturated heterocycles. The summed E-state index contributed by atoms with van der Waals surface area (Å²) in [5.74, 6) is 0. The summed E-state index contributed by atoms with van der Waals surface area (Å²) in [5.41, 5.74) is 2.71. The normalized spacial score (nSPS) is 12.1. The Hall–Kier alpha value is -2.62.